The van der Waals surface area contributed by atoms with Crippen LogP contribution in [-0.2, 0) is 40.4 Å². The van der Waals surface area contributed by atoms with Crippen molar-refractivity contribution in [3.8, 4) is 6.07 Å². The number of nitriles is 1. The normalized spacial score (nSPS) is 17.0. The van der Waals surface area contributed by atoms with Crippen LogP contribution in [-0.4, -0.2) is 60.5 Å². The van der Waals surface area contributed by atoms with Crippen LogP contribution in [0.1, 0.15) is 71.6 Å². The topological polar surface area (TPSA) is 162 Å². The maximum atomic E-state index is 15.5. The maximum absolute atomic E-state index is 15.5. The summed E-state index contributed by atoms with van der Waals surface area (Å²) in [5.74, 6) is -1.94. The first kappa shape index (κ1) is 42.8. The number of hydrogen-bond acceptors (Lipinski definition) is 10. The molecule has 1 amide bonds. The van der Waals surface area contributed by atoms with E-state index in [2.05, 4.69) is 25.6 Å². The minimum Gasteiger partial charge on any atom is -0.376 e. The lowest BCUT2D eigenvalue weighted by Gasteiger charge is -2.33. The summed E-state index contributed by atoms with van der Waals surface area (Å²) in [5, 5.41) is 24.2. The quantitative estimate of drug-likeness (QED) is 0.0727. The van der Waals surface area contributed by atoms with Crippen LogP contribution < -0.4 is 20.7 Å². The van der Waals surface area contributed by atoms with Crippen molar-refractivity contribution in [2.24, 2.45) is 7.05 Å². The first-order valence-corrected chi connectivity index (χ1v) is 20.0. The Kier molecular flexibility index (Phi) is 11.1. The van der Waals surface area contributed by atoms with Crippen molar-refractivity contribution in [3.63, 3.8) is 0 Å². The molecule has 63 heavy (non-hydrogen) atoms. The van der Waals surface area contributed by atoms with Crippen molar-refractivity contribution in [1.29, 1.82) is 5.26 Å². The molecule has 0 unspecified atom stereocenters. The van der Waals surface area contributed by atoms with E-state index in [-0.39, 0.29) is 53.7 Å². The second-order valence-corrected chi connectivity index (χ2v) is 16.1. The number of carbonyl (C=O) groups is 2. The van der Waals surface area contributed by atoms with Gasteiger partial charge in [0.05, 0.1) is 45.9 Å². The monoisotopic (exact) mass is 881 g/mol. The van der Waals surface area contributed by atoms with Crippen LogP contribution >= 0.6 is 12.2 Å². The highest BCUT2D eigenvalue weighted by atomic mass is 32.1. The van der Waals surface area contributed by atoms with Crippen molar-refractivity contribution in [2.45, 2.75) is 56.8 Å². The van der Waals surface area contributed by atoms with Gasteiger partial charge in [0.2, 0.25) is 0 Å². The number of ether oxygens (including phenoxy) is 1. The van der Waals surface area contributed by atoms with E-state index in [1.807, 2.05) is 24.3 Å². The Bertz CT molecular complexity index is 2930. The summed E-state index contributed by atoms with van der Waals surface area (Å²) in [4.78, 5) is 45.8. The minimum absolute atomic E-state index is 0.0840. The molecule has 2 aliphatic rings. The van der Waals surface area contributed by atoms with Gasteiger partial charge in [0.1, 0.15) is 35.9 Å². The van der Waals surface area contributed by atoms with E-state index < -0.39 is 57.9 Å². The third-order valence-corrected chi connectivity index (χ3v) is 11.6. The van der Waals surface area contributed by atoms with Crippen molar-refractivity contribution < 1.29 is 36.3 Å². The number of aryl methyl sites for hydroxylation is 2. The molecule has 1 fully saturated rings. The van der Waals surface area contributed by atoms with Gasteiger partial charge in [-0.3, -0.25) is 24.0 Å². The Labute approximate surface area is 361 Å². The fourth-order valence-corrected chi connectivity index (χ4v) is 8.70. The van der Waals surface area contributed by atoms with Gasteiger partial charge in [-0.1, -0.05) is 30.3 Å². The molecule has 2 atom stereocenters. The molecule has 0 spiro atoms. The Hall–Kier alpha value is -6.91. The minimum atomic E-state index is -4.85. The van der Waals surface area contributed by atoms with Gasteiger partial charge in [-0.25, -0.2) is 18.9 Å². The molecular formula is C44H36F5N9O4S. The first-order chi connectivity index (χ1) is 30.0. The van der Waals surface area contributed by atoms with Crippen molar-refractivity contribution >= 4 is 56.9 Å². The summed E-state index contributed by atoms with van der Waals surface area (Å²) in [5.41, 5.74) is -0.906. The van der Waals surface area contributed by atoms with Crippen LogP contribution in [0.25, 0.3) is 10.8 Å². The van der Waals surface area contributed by atoms with Crippen LogP contribution in [0.5, 0.6) is 0 Å². The number of benzene rings is 4. The van der Waals surface area contributed by atoms with Gasteiger partial charge < -0.3 is 15.0 Å². The van der Waals surface area contributed by atoms with E-state index in [0.717, 1.165) is 22.1 Å². The van der Waals surface area contributed by atoms with Gasteiger partial charge in [0.25, 0.3) is 11.5 Å². The average Bonchev–Trinajstić information content (AvgIpc) is 3.74. The molecule has 8 rings (SSSR count). The number of rotatable bonds is 12. The highest BCUT2D eigenvalue weighted by Crippen LogP contribution is 2.46. The third kappa shape index (κ3) is 7.91. The number of hydrogen-bond donors (Lipinski definition) is 2. The number of amides is 1. The molecule has 322 valence electrons. The predicted octanol–water partition coefficient (Wildman–Crippen LogP) is 7.20. The number of H-pyrrole nitrogens is 1. The molecule has 6 aromatic rings. The average molecular weight is 882 g/mol. The maximum Gasteiger partial charge on any atom is 0.417 e. The van der Waals surface area contributed by atoms with E-state index in [1.54, 1.807) is 17.8 Å². The van der Waals surface area contributed by atoms with E-state index in [4.69, 9.17) is 17.0 Å². The van der Waals surface area contributed by atoms with Crippen molar-refractivity contribution in [3.05, 3.63) is 140 Å². The zero-order valence-electron chi connectivity index (χ0n) is 33.8. The molecule has 4 aromatic carbocycles. The van der Waals surface area contributed by atoms with Crippen LogP contribution in [0.4, 0.5) is 39.0 Å². The van der Waals surface area contributed by atoms with Gasteiger partial charge >= 0.3 is 6.18 Å². The molecule has 4 heterocycles. The first-order valence-electron chi connectivity index (χ1n) is 19.6. The summed E-state index contributed by atoms with van der Waals surface area (Å²) in [6, 6.07) is 18.0. The molecule has 2 N–H and O–H groups in total. The number of nitrogens with one attached hydrogen (secondary N) is 2. The lowest BCUT2D eigenvalue weighted by molar-refractivity contribution is -0.137. The smallest absolute Gasteiger partial charge is 0.376 e. The highest BCUT2D eigenvalue weighted by Gasteiger charge is 2.51. The number of thiocarbonyl (C=S) groups is 1. The summed E-state index contributed by atoms with van der Waals surface area (Å²) >= 11 is 5.56. The Morgan fingerprint density at radius 2 is 1.76 bits per heavy atom. The summed E-state index contributed by atoms with van der Waals surface area (Å²) in [6.45, 7) is 3.03. The Morgan fingerprint density at radius 1 is 1.02 bits per heavy atom. The number of aromatic amines is 1. The lowest BCUT2D eigenvalue weighted by Crippen LogP contribution is -2.44. The highest BCUT2D eigenvalue weighted by molar-refractivity contribution is 7.81. The SMILES string of the molecule is Cn1ncnc1[C@H]1c2n[nH]c(=O)c3cc(F)cc(c23)N[C@@H]1c1ccc(CC(=O)COCCCc2ccc(N3C(=S)N(c4ccc(C#N)c(C(F)(F)F)c4)C(=O)C3(C)C)cc2F)cc1. The van der Waals surface area contributed by atoms with Gasteiger partial charge in [-0.2, -0.15) is 28.6 Å². The molecular weight excluding hydrogens is 846 g/mol. The zero-order valence-corrected chi connectivity index (χ0v) is 34.6. The largest absolute Gasteiger partial charge is 0.417 e. The van der Waals surface area contributed by atoms with E-state index in [0.29, 0.717) is 40.6 Å². The molecule has 0 radical (unpaired) electrons. The number of alkyl halides is 3. The molecule has 2 aromatic heterocycles. The number of nitrogens with zero attached hydrogens (tertiary/aromatic N) is 7. The molecule has 0 bridgehead atoms. The second-order valence-electron chi connectivity index (χ2n) is 15.7. The summed E-state index contributed by atoms with van der Waals surface area (Å²) < 4.78 is 78.5. The number of halogens is 5. The van der Waals surface area contributed by atoms with Crippen molar-refractivity contribution in [2.75, 3.05) is 28.3 Å². The van der Waals surface area contributed by atoms with Crippen LogP contribution in [0.3, 0.4) is 0 Å². The fourth-order valence-electron chi connectivity index (χ4n) is 8.18. The predicted molar refractivity (Wildman–Crippen MR) is 225 cm³/mol. The lowest BCUT2D eigenvalue weighted by atomic mass is 9.83. The molecule has 19 heteroatoms. The van der Waals surface area contributed by atoms with E-state index >= 15 is 4.39 Å². The molecule has 0 aliphatic carbocycles. The van der Waals surface area contributed by atoms with Gasteiger partial charge in [0, 0.05) is 36.8 Å². The third-order valence-electron chi connectivity index (χ3n) is 11.2. The standard InChI is InChI=1S/C44H36F5N9O4S/c1-43(2)41(61)57(28-12-11-26(20-50)32(18-28)44(47,48)49)42(63)58(43)29-13-10-24(33(46)19-29)5-4-14-62-21-30(59)15-23-6-8-25(9-7-23)37-36(39-51-22-52-56(39)3)38-35-31(40(60)55-54-38)16-27(45)17-34(35)53-37/h6-13,16-19,22,36-37,53H,4-5,14-15,21H2,1-3H3,(H,55,60)/t36-,37-/m1/s1. The summed E-state index contributed by atoms with van der Waals surface area (Å²) in [7, 11) is 1.74. The van der Waals surface area contributed by atoms with Crippen LogP contribution in [0.15, 0.2) is 83.9 Å². The fraction of sp³-hybridized carbons (Fsp3) is 0.273. The molecule has 0 saturated carbocycles. The summed E-state index contributed by atoms with van der Waals surface area (Å²) in [6.07, 6.45) is -2.72. The zero-order chi connectivity index (χ0) is 45.0. The second kappa shape index (κ2) is 16.4. The molecule has 1 saturated heterocycles. The number of ketones is 1. The molecule has 2 aliphatic heterocycles. The van der Waals surface area contributed by atoms with Gasteiger partial charge in [0.15, 0.2) is 10.9 Å². The van der Waals surface area contributed by atoms with Gasteiger partial charge in [-0.15, -0.1) is 0 Å². The Morgan fingerprint density at radius 3 is 2.44 bits per heavy atom. The number of anilines is 3. The Balaban J connectivity index is 0.869. The molecule has 13 nitrogen and oxygen atoms in total. The van der Waals surface area contributed by atoms with Crippen LogP contribution in [0.2, 0.25) is 0 Å². The van der Waals surface area contributed by atoms with E-state index in [1.165, 1.54) is 61.5 Å². The number of aromatic nitrogens is 5. The van der Waals surface area contributed by atoms with Crippen LogP contribution in [0, 0.1) is 23.0 Å². The van der Waals surface area contributed by atoms with Gasteiger partial charge in [-0.05, 0) is 98.1 Å². The van der Waals surface area contributed by atoms with E-state index in [9.17, 15) is 37.2 Å². The van der Waals surface area contributed by atoms with Crippen molar-refractivity contribution in [1.82, 2.24) is 25.0 Å². The number of Topliss-reactive ketones (excluding diaryl/α,β-unsaturated/α-hetero) is 1. The number of carbonyl (C=O) groups excluding carboxylic acids is 2.